The standard InChI is InChI=1S/C18H16N3O3/c22-18(12-5-7-13(8-6-12)21(23)24)20-10-9-17-15(11-20)14-3-1-2-4-16(14)19-17/h1-8,19,23H,9-11H2/q-1. The zero-order valence-corrected chi connectivity index (χ0v) is 12.9. The summed E-state index contributed by atoms with van der Waals surface area (Å²) in [4.78, 5) is 18.0. The molecule has 3 aromatic rings. The van der Waals surface area contributed by atoms with Gasteiger partial charge in [-0.15, -0.1) is 0 Å². The molecule has 2 N–H and O–H groups in total. The highest BCUT2D eigenvalue weighted by atomic mass is 16.8. The largest absolute Gasteiger partial charge is 0.733 e. The topological polar surface area (TPSA) is 82.6 Å². The van der Waals surface area contributed by atoms with E-state index in [4.69, 9.17) is 5.21 Å². The lowest BCUT2D eigenvalue weighted by atomic mass is 10.0. The molecule has 0 saturated carbocycles. The molecular formula is C18H16N3O3-. The van der Waals surface area contributed by atoms with Gasteiger partial charge in [0.1, 0.15) is 0 Å². The highest BCUT2D eigenvalue weighted by Crippen LogP contribution is 2.28. The molecule has 6 nitrogen and oxygen atoms in total. The van der Waals surface area contributed by atoms with Gasteiger partial charge in [0.15, 0.2) is 0 Å². The molecule has 0 fully saturated rings. The monoisotopic (exact) mass is 322 g/mol. The van der Waals surface area contributed by atoms with Crippen LogP contribution in [0, 0.1) is 5.21 Å². The summed E-state index contributed by atoms with van der Waals surface area (Å²) in [5.74, 6) is -0.0760. The molecule has 1 amide bonds. The van der Waals surface area contributed by atoms with Crippen molar-refractivity contribution >= 4 is 22.5 Å². The molecule has 2 heterocycles. The van der Waals surface area contributed by atoms with Gasteiger partial charge in [0.2, 0.25) is 0 Å². The Kier molecular flexibility index (Phi) is 3.48. The number of carbonyl (C=O) groups excluding carboxylic acids is 1. The van der Waals surface area contributed by atoms with Crippen LogP contribution in [0.3, 0.4) is 0 Å². The van der Waals surface area contributed by atoms with Gasteiger partial charge >= 0.3 is 0 Å². The summed E-state index contributed by atoms with van der Waals surface area (Å²) in [5.41, 5.74) is 4.06. The van der Waals surface area contributed by atoms with Gasteiger partial charge < -0.3 is 20.3 Å². The van der Waals surface area contributed by atoms with Crippen molar-refractivity contribution in [2.24, 2.45) is 0 Å². The Morgan fingerprint density at radius 1 is 1.17 bits per heavy atom. The zero-order valence-electron chi connectivity index (χ0n) is 12.9. The molecule has 0 saturated heterocycles. The third kappa shape index (κ3) is 2.42. The van der Waals surface area contributed by atoms with Crippen molar-refractivity contribution in [2.75, 3.05) is 11.8 Å². The van der Waals surface area contributed by atoms with Gasteiger partial charge in [-0.05, 0) is 30.3 Å². The fraction of sp³-hybridized carbons (Fsp3) is 0.167. The van der Waals surface area contributed by atoms with Crippen LogP contribution in [0.4, 0.5) is 5.69 Å². The maximum absolute atomic E-state index is 12.7. The highest BCUT2D eigenvalue weighted by molar-refractivity contribution is 5.95. The van der Waals surface area contributed by atoms with Crippen LogP contribution in [0.2, 0.25) is 0 Å². The third-order valence-corrected chi connectivity index (χ3v) is 4.51. The first kappa shape index (κ1) is 14.7. The smallest absolute Gasteiger partial charge is 0.254 e. The fourth-order valence-electron chi connectivity index (χ4n) is 3.25. The second kappa shape index (κ2) is 5.67. The Morgan fingerprint density at radius 2 is 1.92 bits per heavy atom. The summed E-state index contributed by atoms with van der Waals surface area (Å²) in [6, 6.07) is 14.1. The van der Waals surface area contributed by atoms with Crippen LogP contribution in [0.5, 0.6) is 0 Å². The lowest BCUT2D eigenvalue weighted by Crippen LogP contribution is -2.35. The Morgan fingerprint density at radius 3 is 2.67 bits per heavy atom. The van der Waals surface area contributed by atoms with Crippen LogP contribution >= 0.6 is 0 Å². The molecule has 0 bridgehead atoms. The number of aromatic amines is 1. The molecule has 0 aliphatic carbocycles. The number of H-pyrrole nitrogens is 1. The number of fused-ring (bicyclic) bond motifs is 3. The van der Waals surface area contributed by atoms with Crippen LogP contribution < -0.4 is 5.23 Å². The predicted molar refractivity (Wildman–Crippen MR) is 90.8 cm³/mol. The van der Waals surface area contributed by atoms with Crippen molar-refractivity contribution in [3.8, 4) is 0 Å². The molecule has 6 heteroatoms. The molecule has 0 spiro atoms. The quantitative estimate of drug-likeness (QED) is 0.710. The maximum atomic E-state index is 12.7. The average molecular weight is 322 g/mol. The molecule has 1 aliphatic heterocycles. The predicted octanol–water partition coefficient (Wildman–Crippen LogP) is 3.06. The molecule has 1 aromatic heterocycles. The average Bonchev–Trinajstić information content (AvgIpc) is 2.99. The minimum absolute atomic E-state index is 0.0760. The number of para-hydroxylation sites is 1. The van der Waals surface area contributed by atoms with Crippen LogP contribution in [0.15, 0.2) is 48.5 Å². The van der Waals surface area contributed by atoms with E-state index in [1.54, 1.807) is 12.1 Å². The van der Waals surface area contributed by atoms with Gasteiger partial charge in [-0.3, -0.25) is 10.0 Å². The van der Waals surface area contributed by atoms with Crippen LogP contribution in [-0.2, 0) is 13.0 Å². The summed E-state index contributed by atoms with van der Waals surface area (Å²) in [7, 11) is 0. The lowest BCUT2D eigenvalue weighted by molar-refractivity contribution is 0.0735. The Bertz CT molecular complexity index is 900. The Labute approximate surface area is 138 Å². The number of carbonyl (C=O) groups is 1. The van der Waals surface area contributed by atoms with Crippen molar-refractivity contribution in [3.05, 3.63) is 70.6 Å². The number of hydrogen-bond acceptors (Lipinski definition) is 4. The number of anilines is 1. The summed E-state index contributed by atoms with van der Waals surface area (Å²) < 4.78 is 0. The second-order valence-corrected chi connectivity index (χ2v) is 5.92. The molecule has 0 radical (unpaired) electrons. The van der Waals surface area contributed by atoms with Crippen molar-refractivity contribution in [2.45, 2.75) is 13.0 Å². The Hall–Kier alpha value is -2.83. The number of nitrogens with one attached hydrogen (secondary N) is 1. The SMILES string of the molecule is O=C(c1ccc(N([O-])O)cc1)N1CCc2[nH]c3ccccc3c2C1. The van der Waals surface area contributed by atoms with Gasteiger partial charge in [0.05, 0.1) is 5.69 Å². The molecule has 0 unspecified atom stereocenters. The number of aromatic nitrogens is 1. The van der Waals surface area contributed by atoms with E-state index in [2.05, 4.69) is 11.1 Å². The van der Waals surface area contributed by atoms with Crippen molar-refractivity contribution in [3.63, 3.8) is 0 Å². The van der Waals surface area contributed by atoms with Gasteiger partial charge in [-0.1, -0.05) is 18.2 Å². The van der Waals surface area contributed by atoms with E-state index < -0.39 is 0 Å². The van der Waals surface area contributed by atoms with E-state index in [0.29, 0.717) is 18.7 Å². The minimum atomic E-state index is -0.215. The summed E-state index contributed by atoms with van der Waals surface area (Å²) in [5, 5.41) is 20.6. The van der Waals surface area contributed by atoms with Gasteiger partial charge in [-0.2, -0.15) is 0 Å². The van der Waals surface area contributed by atoms with E-state index in [9.17, 15) is 10.0 Å². The van der Waals surface area contributed by atoms with E-state index in [-0.39, 0.29) is 16.8 Å². The molecule has 24 heavy (non-hydrogen) atoms. The first-order valence-electron chi connectivity index (χ1n) is 7.77. The van der Waals surface area contributed by atoms with Crippen LogP contribution in [0.25, 0.3) is 10.9 Å². The van der Waals surface area contributed by atoms with Gasteiger partial charge in [0, 0.05) is 47.2 Å². The number of amides is 1. The Balaban J connectivity index is 1.60. The van der Waals surface area contributed by atoms with Crippen LogP contribution in [-0.4, -0.2) is 27.5 Å². The summed E-state index contributed by atoms with van der Waals surface area (Å²) in [6.07, 6.45) is 0.790. The minimum Gasteiger partial charge on any atom is -0.733 e. The second-order valence-electron chi connectivity index (χ2n) is 5.92. The van der Waals surface area contributed by atoms with Gasteiger partial charge in [0.25, 0.3) is 5.91 Å². The first-order valence-corrected chi connectivity index (χ1v) is 7.77. The molecular weight excluding hydrogens is 306 g/mol. The van der Waals surface area contributed by atoms with Crippen molar-refractivity contribution in [1.29, 1.82) is 0 Å². The number of rotatable bonds is 2. The summed E-state index contributed by atoms with van der Waals surface area (Å²) >= 11 is 0. The molecule has 1 aliphatic rings. The summed E-state index contributed by atoms with van der Waals surface area (Å²) in [6.45, 7) is 1.21. The number of benzene rings is 2. The fourth-order valence-corrected chi connectivity index (χ4v) is 3.25. The number of nitrogens with zero attached hydrogens (tertiary/aromatic N) is 2. The molecule has 0 atom stereocenters. The molecule has 2 aromatic carbocycles. The van der Waals surface area contributed by atoms with Crippen LogP contribution in [0.1, 0.15) is 21.6 Å². The first-order chi connectivity index (χ1) is 11.6. The van der Waals surface area contributed by atoms with E-state index >= 15 is 0 Å². The molecule has 122 valence electrons. The van der Waals surface area contributed by atoms with E-state index in [0.717, 1.165) is 17.3 Å². The van der Waals surface area contributed by atoms with Gasteiger partial charge in [-0.25, -0.2) is 0 Å². The lowest BCUT2D eigenvalue weighted by Gasteiger charge is -2.28. The van der Waals surface area contributed by atoms with Crippen molar-refractivity contribution < 1.29 is 10.0 Å². The zero-order chi connectivity index (χ0) is 16.7. The van der Waals surface area contributed by atoms with E-state index in [1.165, 1.54) is 23.4 Å². The highest BCUT2D eigenvalue weighted by Gasteiger charge is 2.24. The van der Waals surface area contributed by atoms with Crippen molar-refractivity contribution in [1.82, 2.24) is 9.88 Å². The maximum Gasteiger partial charge on any atom is 0.254 e. The van der Waals surface area contributed by atoms with E-state index in [1.807, 2.05) is 23.1 Å². The normalized spacial score (nSPS) is 13.8. The number of hydrogen-bond donors (Lipinski definition) is 2. The molecule has 4 rings (SSSR count). The third-order valence-electron chi connectivity index (χ3n) is 4.51.